The molecule has 0 amide bonds. The first-order chi connectivity index (χ1) is 7.54. The van der Waals surface area contributed by atoms with Crippen LogP contribution in [0.2, 0.25) is 0 Å². The third-order valence-electron chi connectivity index (χ3n) is 3.74. The maximum absolute atomic E-state index is 7.39. The van der Waals surface area contributed by atoms with Crippen molar-refractivity contribution in [1.29, 1.82) is 5.41 Å². The van der Waals surface area contributed by atoms with Crippen LogP contribution in [0.15, 0.2) is 23.8 Å². The summed E-state index contributed by atoms with van der Waals surface area (Å²) in [4.78, 5) is 0. The standard InChI is InChI=1S/C15H25N/c1-5-14(7-6-12(3)16)10-11(2)13(4)15-8-9-15/h5-7,11,13,15-16H,8-10H2,1-4H3/b7-6-,14-5+,16-12?. The molecule has 90 valence electrons. The zero-order chi connectivity index (χ0) is 12.1. The molecule has 0 spiro atoms. The second-order valence-corrected chi connectivity index (χ2v) is 5.26. The molecular weight excluding hydrogens is 194 g/mol. The Labute approximate surface area is 100 Å². The van der Waals surface area contributed by atoms with Gasteiger partial charge in [0, 0.05) is 5.71 Å². The van der Waals surface area contributed by atoms with Gasteiger partial charge in [-0.2, -0.15) is 0 Å². The van der Waals surface area contributed by atoms with Crippen molar-refractivity contribution >= 4 is 5.71 Å². The highest BCUT2D eigenvalue weighted by molar-refractivity contribution is 5.90. The molecule has 1 N–H and O–H groups in total. The van der Waals surface area contributed by atoms with Gasteiger partial charge in [-0.05, 0) is 56.9 Å². The van der Waals surface area contributed by atoms with Gasteiger partial charge in [0.2, 0.25) is 0 Å². The van der Waals surface area contributed by atoms with Crippen LogP contribution in [0.1, 0.15) is 47.0 Å². The molecule has 0 aromatic heterocycles. The van der Waals surface area contributed by atoms with Crippen LogP contribution in [-0.2, 0) is 0 Å². The van der Waals surface area contributed by atoms with Crippen LogP contribution in [0.5, 0.6) is 0 Å². The van der Waals surface area contributed by atoms with Crippen LogP contribution in [-0.4, -0.2) is 5.71 Å². The molecule has 0 saturated heterocycles. The maximum Gasteiger partial charge on any atom is 0.0283 e. The van der Waals surface area contributed by atoms with Crippen molar-refractivity contribution in [3.05, 3.63) is 23.8 Å². The maximum atomic E-state index is 7.39. The largest absolute Gasteiger partial charge is 0.306 e. The predicted molar refractivity (Wildman–Crippen MR) is 72.0 cm³/mol. The molecule has 0 aromatic carbocycles. The summed E-state index contributed by atoms with van der Waals surface area (Å²) in [5.41, 5.74) is 1.99. The summed E-state index contributed by atoms with van der Waals surface area (Å²) in [5.74, 6) is 2.60. The van der Waals surface area contributed by atoms with Gasteiger partial charge in [0.1, 0.15) is 0 Å². The summed E-state index contributed by atoms with van der Waals surface area (Å²) < 4.78 is 0. The average molecular weight is 219 g/mol. The highest BCUT2D eigenvalue weighted by Gasteiger charge is 2.31. The molecule has 1 heteroatoms. The lowest BCUT2D eigenvalue weighted by molar-refractivity contribution is 0.345. The van der Waals surface area contributed by atoms with Gasteiger partial charge in [-0.25, -0.2) is 0 Å². The fourth-order valence-electron chi connectivity index (χ4n) is 2.16. The van der Waals surface area contributed by atoms with Gasteiger partial charge in [-0.3, -0.25) is 0 Å². The number of hydrogen-bond acceptors (Lipinski definition) is 1. The summed E-state index contributed by atoms with van der Waals surface area (Å²) in [6.45, 7) is 8.66. The molecule has 2 atom stereocenters. The van der Waals surface area contributed by atoms with Crippen LogP contribution >= 0.6 is 0 Å². The second kappa shape index (κ2) is 6.03. The van der Waals surface area contributed by atoms with Gasteiger partial charge in [0.15, 0.2) is 0 Å². The van der Waals surface area contributed by atoms with Crippen molar-refractivity contribution < 1.29 is 0 Å². The van der Waals surface area contributed by atoms with Gasteiger partial charge in [-0.15, -0.1) is 0 Å². The molecule has 0 aromatic rings. The molecule has 0 radical (unpaired) electrons. The smallest absolute Gasteiger partial charge is 0.0283 e. The molecule has 1 saturated carbocycles. The van der Waals surface area contributed by atoms with E-state index in [4.69, 9.17) is 5.41 Å². The minimum atomic E-state index is 0.627. The van der Waals surface area contributed by atoms with Gasteiger partial charge >= 0.3 is 0 Å². The zero-order valence-corrected chi connectivity index (χ0v) is 11.1. The van der Waals surface area contributed by atoms with Crippen molar-refractivity contribution in [2.45, 2.75) is 47.0 Å². The van der Waals surface area contributed by atoms with Gasteiger partial charge in [0.05, 0.1) is 0 Å². The SMILES string of the molecule is C/C=C(\C=C/C(C)=N)CC(C)C(C)C1CC1. The van der Waals surface area contributed by atoms with Crippen LogP contribution in [0.4, 0.5) is 0 Å². The third kappa shape index (κ3) is 4.34. The molecule has 1 aliphatic rings. The van der Waals surface area contributed by atoms with E-state index in [2.05, 4.69) is 32.9 Å². The number of hydrogen-bond donors (Lipinski definition) is 1. The minimum absolute atomic E-state index is 0.627. The third-order valence-corrected chi connectivity index (χ3v) is 3.74. The van der Waals surface area contributed by atoms with E-state index < -0.39 is 0 Å². The normalized spacial score (nSPS) is 21.1. The molecule has 1 rings (SSSR count). The highest BCUT2D eigenvalue weighted by Crippen LogP contribution is 2.41. The van der Waals surface area contributed by atoms with Crippen molar-refractivity contribution in [3.63, 3.8) is 0 Å². The molecule has 1 nitrogen and oxygen atoms in total. The van der Waals surface area contributed by atoms with Gasteiger partial charge in [0.25, 0.3) is 0 Å². The molecule has 1 aliphatic carbocycles. The Kier molecular flexibility index (Phi) is 4.98. The molecule has 0 bridgehead atoms. The van der Waals surface area contributed by atoms with Crippen LogP contribution in [0.3, 0.4) is 0 Å². The molecule has 0 aliphatic heterocycles. The highest BCUT2D eigenvalue weighted by atomic mass is 14.4. The lowest BCUT2D eigenvalue weighted by Gasteiger charge is -2.19. The topological polar surface area (TPSA) is 23.9 Å². The Balaban J connectivity index is 2.46. The van der Waals surface area contributed by atoms with E-state index in [1.807, 2.05) is 13.0 Å². The quantitative estimate of drug-likeness (QED) is 0.498. The van der Waals surface area contributed by atoms with E-state index in [1.165, 1.54) is 18.4 Å². The zero-order valence-electron chi connectivity index (χ0n) is 11.1. The van der Waals surface area contributed by atoms with Crippen molar-refractivity contribution in [1.82, 2.24) is 0 Å². The van der Waals surface area contributed by atoms with Crippen LogP contribution in [0.25, 0.3) is 0 Å². The van der Waals surface area contributed by atoms with Gasteiger partial charge < -0.3 is 5.41 Å². The first kappa shape index (κ1) is 13.2. The minimum Gasteiger partial charge on any atom is -0.306 e. The van der Waals surface area contributed by atoms with E-state index in [1.54, 1.807) is 0 Å². The van der Waals surface area contributed by atoms with E-state index in [0.717, 1.165) is 24.2 Å². The van der Waals surface area contributed by atoms with E-state index in [-0.39, 0.29) is 0 Å². The average Bonchev–Trinajstić information content (AvgIpc) is 3.06. The fourth-order valence-corrected chi connectivity index (χ4v) is 2.16. The van der Waals surface area contributed by atoms with Crippen LogP contribution in [0, 0.1) is 23.2 Å². The van der Waals surface area contributed by atoms with E-state index >= 15 is 0 Å². The molecular formula is C15H25N. The Morgan fingerprint density at radius 3 is 2.38 bits per heavy atom. The van der Waals surface area contributed by atoms with Crippen molar-refractivity contribution in [2.75, 3.05) is 0 Å². The predicted octanol–water partition coefficient (Wildman–Crippen LogP) is 4.60. The lowest BCUT2D eigenvalue weighted by atomic mass is 9.86. The van der Waals surface area contributed by atoms with Gasteiger partial charge in [-0.1, -0.05) is 31.6 Å². The van der Waals surface area contributed by atoms with E-state index in [0.29, 0.717) is 5.71 Å². The number of rotatable bonds is 6. The second-order valence-electron chi connectivity index (χ2n) is 5.26. The Morgan fingerprint density at radius 2 is 1.94 bits per heavy atom. The summed E-state index contributed by atoms with van der Waals surface area (Å²) in [5, 5.41) is 7.39. The summed E-state index contributed by atoms with van der Waals surface area (Å²) in [7, 11) is 0. The monoisotopic (exact) mass is 219 g/mol. The van der Waals surface area contributed by atoms with E-state index in [9.17, 15) is 0 Å². The molecule has 16 heavy (non-hydrogen) atoms. The first-order valence-electron chi connectivity index (χ1n) is 6.43. The van der Waals surface area contributed by atoms with Crippen molar-refractivity contribution in [3.8, 4) is 0 Å². The Morgan fingerprint density at radius 1 is 1.31 bits per heavy atom. The Hall–Kier alpha value is -0.850. The summed E-state index contributed by atoms with van der Waals surface area (Å²) in [6.07, 6.45) is 10.2. The summed E-state index contributed by atoms with van der Waals surface area (Å²) in [6, 6.07) is 0. The first-order valence-corrected chi connectivity index (χ1v) is 6.43. The number of allylic oxidation sites excluding steroid dienone is 4. The Bertz CT molecular complexity index is 295. The fraction of sp³-hybridized carbons (Fsp3) is 0.667. The summed E-state index contributed by atoms with van der Waals surface area (Å²) >= 11 is 0. The van der Waals surface area contributed by atoms with Crippen molar-refractivity contribution in [2.24, 2.45) is 17.8 Å². The molecule has 2 unspecified atom stereocenters. The molecule has 0 heterocycles. The van der Waals surface area contributed by atoms with Crippen LogP contribution < -0.4 is 0 Å². The lowest BCUT2D eigenvalue weighted by Crippen LogP contribution is -2.10. The molecule has 1 fully saturated rings. The number of nitrogens with one attached hydrogen (secondary N) is 1.